The van der Waals surface area contributed by atoms with Gasteiger partial charge in [0.1, 0.15) is 11.5 Å². The molecule has 1 aromatic carbocycles. The Morgan fingerprint density at radius 2 is 2.11 bits per heavy atom. The van der Waals surface area contributed by atoms with Crippen LogP contribution in [0.5, 0.6) is 0 Å². The summed E-state index contributed by atoms with van der Waals surface area (Å²) in [5, 5.41) is 7.46. The SMILES string of the molecule is CCC(=O)c1nnn(-c2ccc(F)cc2F)c1C. The molecule has 0 radical (unpaired) electrons. The van der Waals surface area contributed by atoms with Crippen LogP contribution in [0.1, 0.15) is 29.5 Å². The molecule has 0 fully saturated rings. The lowest BCUT2D eigenvalue weighted by Gasteiger charge is -2.04. The number of rotatable bonds is 3. The van der Waals surface area contributed by atoms with E-state index in [4.69, 9.17) is 0 Å². The molecule has 0 bridgehead atoms. The Labute approximate surface area is 102 Å². The Bertz CT molecular complexity index is 607. The quantitative estimate of drug-likeness (QED) is 0.787. The molecule has 2 rings (SSSR count). The number of hydrogen-bond acceptors (Lipinski definition) is 3. The fourth-order valence-electron chi connectivity index (χ4n) is 1.64. The van der Waals surface area contributed by atoms with Crippen molar-refractivity contribution in [3.05, 3.63) is 41.2 Å². The first-order valence-electron chi connectivity index (χ1n) is 5.45. The summed E-state index contributed by atoms with van der Waals surface area (Å²) in [6, 6.07) is 3.14. The minimum Gasteiger partial charge on any atom is -0.292 e. The molecule has 0 aliphatic rings. The van der Waals surface area contributed by atoms with Gasteiger partial charge in [0.2, 0.25) is 0 Å². The van der Waals surface area contributed by atoms with E-state index in [1.807, 2.05) is 0 Å². The van der Waals surface area contributed by atoms with E-state index >= 15 is 0 Å². The fourth-order valence-corrected chi connectivity index (χ4v) is 1.64. The van der Waals surface area contributed by atoms with Crippen molar-refractivity contribution < 1.29 is 13.6 Å². The third-order valence-corrected chi connectivity index (χ3v) is 2.62. The van der Waals surface area contributed by atoms with E-state index in [2.05, 4.69) is 10.3 Å². The van der Waals surface area contributed by atoms with Crippen molar-refractivity contribution in [2.75, 3.05) is 0 Å². The van der Waals surface area contributed by atoms with Gasteiger partial charge in [-0.25, -0.2) is 13.5 Å². The summed E-state index contributed by atoms with van der Waals surface area (Å²) in [5.41, 5.74) is 0.713. The molecule has 0 aliphatic heterocycles. The van der Waals surface area contributed by atoms with Gasteiger partial charge in [-0.1, -0.05) is 12.1 Å². The fraction of sp³-hybridized carbons (Fsp3) is 0.250. The van der Waals surface area contributed by atoms with Crippen LogP contribution in [0.25, 0.3) is 5.69 Å². The van der Waals surface area contributed by atoms with Gasteiger partial charge < -0.3 is 0 Å². The molecule has 1 heterocycles. The van der Waals surface area contributed by atoms with Gasteiger partial charge in [-0.05, 0) is 19.1 Å². The third kappa shape index (κ3) is 2.01. The lowest BCUT2D eigenvalue weighted by Crippen LogP contribution is -2.04. The number of Topliss-reactive ketones (excluding diaryl/α,β-unsaturated/α-hetero) is 1. The summed E-state index contributed by atoms with van der Waals surface area (Å²) in [7, 11) is 0. The number of aromatic nitrogens is 3. The highest BCUT2D eigenvalue weighted by atomic mass is 19.1. The monoisotopic (exact) mass is 251 g/mol. The Hall–Kier alpha value is -2.11. The number of halogens is 2. The summed E-state index contributed by atoms with van der Waals surface area (Å²) in [6.45, 7) is 3.32. The topological polar surface area (TPSA) is 47.8 Å². The average molecular weight is 251 g/mol. The predicted octanol–water partition coefficient (Wildman–Crippen LogP) is 2.45. The van der Waals surface area contributed by atoms with E-state index in [0.717, 1.165) is 12.1 Å². The lowest BCUT2D eigenvalue weighted by molar-refractivity contribution is 0.0982. The van der Waals surface area contributed by atoms with Gasteiger partial charge in [0.05, 0.1) is 5.69 Å². The second-order valence-corrected chi connectivity index (χ2v) is 3.81. The number of carbonyl (C=O) groups is 1. The lowest BCUT2D eigenvalue weighted by atomic mass is 10.2. The zero-order valence-electron chi connectivity index (χ0n) is 9.94. The number of carbonyl (C=O) groups excluding carboxylic acids is 1. The molecular weight excluding hydrogens is 240 g/mol. The molecule has 0 atom stereocenters. The molecule has 0 N–H and O–H groups in total. The molecule has 2 aromatic rings. The van der Waals surface area contributed by atoms with Crippen LogP contribution in [-0.2, 0) is 0 Å². The standard InChI is InChI=1S/C12H11F2N3O/c1-3-11(18)12-7(2)17(16-15-12)10-5-4-8(13)6-9(10)14/h4-6H,3H2,1-2H3. The van der Waals surface area contributed by atoms with Gasteiger partial charge in [-0.15, -0.1) is 5.10 Å². The van der Waals surface area contributed by atoms with Gasteiger partial charge in [0, 0.05) is 12.5 Å². The molecule has 0 unspecified atom stereocenters. The van der Waals surface area contributed by atoms with Gasteiger partial charge in [-0.2, -0.15) is 0 Å². The second-order valence-electron chi connectivity index (χ2n) is 3.81. The van der Waals surface area contributed by atoms with E-state index in [0.29, 0.717) is 12.1 Å². The van der Waals surface area contributed by atoms with E-state index in [-0.39, 0.29) is 17.2 Å². The van der Waals surface area contributed by atoms with Crippen molar-refractivity contribution in [3.63, 3.8) is 0 Å². The number of nitrogens with zero attached hydrogens (tertiary/aromatic N) is 3. The predicted molar refractivity (Wildman–Crippen MR) is 60.6 cm³/mol. The van der Waals surface area contributed by atoms with E-state index in [9.17, 15) is 13.6 Å². The summed E-state index contributed by atoms with van der Waals surface area (Å²) >= 11 is 0. The van der Waals surface area contributed by atoms with Crippen LogP contribution in [0.4, 0.5) is 8.78 Å². The maximum absolute atomic E-state index is 13.6. The first kappa shape index (κ1) is 12.3. The zero-order chi connectivity index (χ0) is 13.3. The molecule has 1 aromatic heterocycles. The zero-order valence-corrected chi connectivity index (χ0v) is 9.94. The average Bonchev–Trinajstić information content (AvgIpc) is 2.70. The summed E-state index contributed by atoms with van der Waals surface area (Å²) < 4.78 is 27.6. The van der Waals surface area contributed by atoms with Crippen LogP contribution >= 0.6 is 0 Å². The summed E-state index contributed by atoms with van der Waals surface area (Å²) in [4.78, 5) is 11.5. The van der Waals surface area contributed by atoms with Gasteiger partial charge in [-0.3, -0.25) is 4.79 Å². The Morgan fingerprint density at radius 3 is 2.72 bits per heavy atom. The molecule has 18 heavy (non-hydrogen) atoms. The largest absolute Gasteiger partial charge is 0.292 e. The highest BCUT2D eigenvalue weighted by Gasteiger charge is 2.17. The Balaban J connectivity index is 2.52. The molecule has 0 saturated heterocycles. The van der Waals surface area contributed by atoms with Crippen LogP contribution in [0, 0.1) is 18.6 Å². The maximum Gasteiger partial charge on any atom is 0.184 e. The van der Waals surface area contributed by atoms with E-state index in [1.54, 1.807) is 13.8 Å². The maximum atomic E-state index is 13.6. The first-order chi connectivity index (χ1) is 8.54. The minimum atomic E-state index is -0.751. The van der Waals surface area contributed by atoms with Crippen molar-refractivity contribution in [1.29, 1.82) is 0 Å². The number of hydrogen-bond donors (Lipinski definition) is 0. The first-order valence-corrected chi connectivity index (χ1v) is 5.45. The van der Waals surface area contributed by atoms with Crippen molar-refractivity contribution in [2.45, 2.75) is 20.3 Å². The molecule has 94 valence electrons. The third-order valence-electron chi connectivity index (χ3n) is 2.62. The van der Waals surface area contributed by atoms with Crippen LogP contribution < -0.4 is 0 Å². The molecule has 4 nitrogen and oxygen atoms in total. The van der Waals surface area contributed by atoms with Crippen molar-refractivity contribution in [3.8, 4) is 5.69 Å². The molecule has 0 spiro atoms. The Morgan fingerprint density at radius 1 is 1.39 bits per heavy atom. The van der Waals surface area contributed by atoms with Gasteiger partial charge in [0.15, 0.2) is 17.3 Å². The number of benzene rings is 1. The molecule has 6 heteroatoms. The highest BCUT2D eigenvalue weighted by molar-refractivity contribution is 5.94. The van der Waals surface area contributed by atoms with Crippen LogP contribution in [0.2, 0.25) is 0 Å². The van der Waals surface area contributed by atoms with Crippen LogP contribution in [0.3, 0.4) is 0 Å². The van der Waals surface area contributed by atoms with Gasteiger partial charge >= 0.3 is 0 Å². The molecular formula is C12H11F2N3O. The molecule has 0 saturated carbocycles. The highest BCUT2D eigenvalue weighted by Crippen LogP contribution is 2.17. The minimum absolute atomic E-state index is 0.0663. The molecule has 0 aliphatic carbocycles. The second kappa shape index (κ2) is 4.64. The van der Waals surface area contributed by atoms with E-state index in [1.165, 1.54) is 10.7 Å². The Kier molecular flexibility index (Phi) is 3.18. The van der Waals surface area contributed by atoms with E-state index < -0.39 is 11.6 Å². The van der Waals surface area contributed by atoms with Gasteiger partial charge in [0.25, 0.3) is 0 Å². The number of ketones is 1. The van der Waals surface area contributed by atoms with Crippen LogP contribution in [0.15, 0.2) is 18.2 Å². The van der Waals surface area contributed by atoms with Crippen molar-refractivity contribution in [1.82, 2.24) is 15.0 Å². The smallest absolute Gasteiger partial charge is 0.184 e. The van der Waals surface area contributed by atoms with Crippen LogP contribution in [-0.4, -0.2) is 20.8 Å². The molecule has 0 amide bonds. The van der Waals surface area contributed by atoms with Crippen molar-refractivity contribution >= 4 is 5.78 Å². The summed E-state index contributed by atoms with van der Waals surface area (Å²) in [6.07, 6.45) is 0.297. The normalized spacial score (nSPS) is 10.7. The van der Waals surface area contributed by atoms with Crippen molar-refractivity contribution in [2.24, 2.45) is 0 Å². The summed E-state index contributed by atoms with van der Waals surface area (Å²) in [5.74, 6) is -1.58.